The molecule has 2 aromatic rings. The molecule has 6 nitrogen and oxygen atoms in total. The number of nitrogens with one attached hydrogen (secondary N) is 1. The molecule has 0 aliphatic carbocycles. The smallest absolute Gasteiger partial charge is 0.353 e. The second kappa shape index (κ2) is 3.92. The third-order valence-electron chi connectivity index (χ3n) is 2.55. The molecule has 0 atom stereocenters. The molecule has 2 heterocycles. The number of aromatic amines is 1. The SMILES string of the molecule is O=C(O)c1cc(-c2ccc(Cl)c3c2OCO3)n[nH]1. The lowest BCUT2D eigenvalue weighted by atomic mass is 10.1. The Balaban J connectivity index is 2.12. The van der Waals surface area contributed by atoms with Crippen molar-refractivity contribution in [3.63, 3.8) is 0 Å². The third-order valence-corrected chi connectivity index (χ3v) is 2.85. The molecule has 7 heteroatoms. The lowest BCUT2D eigenvalue weighted by molar-refractivity contribution is 0.0690. The fourth-order valence-electron chi connectivity index (χ4n) is 1.73. The number of aromatic nitrogens is 2. The number of aromatic carboxylic acids is 1. The number of carboxylic acid groups (broad SMARTS) is 1. The number of nitrogens with zero attached hydrogens (tertiary/aromatic N) is 1. The van der Waals surface area contributed by atoms with Crippen molar-refractivity contribution in [3.05, 3.63) is 28.9 Å². The van der Waals surface area contributed by atoms with Gasteiger partial charge in [0.25, 0.3) is 0 Å². The number of hydrogen-bond acceptors (Lipinski definition) is 4. The van der Waals surface area contributed by atoms with E-state index < -0.39 is 5.97 Å². The number of rotatable bonds is 2. The molecule has 0 saturated carbocycles. The summed E-state index contributed by atoms with van der Waals surface area (Å²) >= 11 is 5.96. The molecular formula is C11H7ClN2O4. The Hall–Kier alpha value is -2.21. The van der Waals surface area contributed by atoms with E-state index in [-0.39, 0.29) is 12.5 Å². The van der Waals surface area contributed by atoms with Crippen molar-refractivity contribution >= 4 is 17.6 Å². The number of benzene rings is 1. The lowest BCUT2D eigenvalue weighted by Crippen LogP contribution is -1.95. The van der Waals surface area contributed by atoms with Crippen LogP contribution < -0.4 is 9.47 Å². The highest BCUT2D eigenvalue weighted by Gasteiger charge is 2.23. The number of H-pyrrole nitrogens is 1. The minimum Gasteiger partial charge on any atom is -0.477 e. The van der Waals surface area contributed by atoms with Gasteiger partial charge in [0.1, 0.15) is 5.69 Å². The number of carboxylic acids is 1. The molecule has 3 rings (SSSR count). The van der Waals surface area contributed by atoms with Crippen LogP contribution in [0.4, 0.5) is 0 Å². The van der Waals surface area contributed by atoms with Crippen molar-refractivity contribution in [2.75, 3.05) is 6.79 Å². The van der Waals surface area contributed by atoms with E-state index in [1.54, 1.807) is 12.1 Å². The van der Waals surface area contributed by atoms with E-state index in [4.69, 9.17) is 26.2 Å². The molecule has 1 aliphatic rings. The van der Waals surface area contributed by atoms with Crippen LogP contribution in [-0.4, -0.2) is 28.1 Å². The Kier molecular flexibility index (Phi) is 2.38. The monoisotopic (exact) mass is 266 g/mol. The molecule has 0 unspecified atom stereocenters. The molecule has 0 amide bonds. The third kappa shape index (κ3) is 1.58. The van der Waals surface area contributed by atoms with Gasteiger partial charge in [-0.2, -0.15) is 5.10 Å². The van der Waals surface area contributed by atoms with E-state index in [1.807, 2.05) is 0 Å². The minimum absolute atomic E-state index is 0.00705. The quantitative estimate of drug-likeness (QED) is 0.870. The van der Waals surface area contributed by atoms with Gasteiger partial charge in [-0.1, -0.05) is 11.6 Å². The Morgan fingerprint density at radius 3 is 2.89 bits per heavy atom. The molecular weight excluding hydrogens is 260 g/mol. The number of fused-ring (bicyclic) bond motifs is 1. The molecule has 1 aliphatic heterocycles. The van der Waals surface area contributed by atoms with E-state index in [0.29, 0.717) is 27.8 Å². The van der Waals surface area contributed by atoms with Gasteiger partial charge in [0, 0.05) is 5.56 Å². The van der Waals surface area contributed by atoms with Crippen molar-refractivity contribution in [2.45, 2.75) is 0 Å². The van der Waals surface area contributed by atoms with Gasteiger partial charge in [-0.25, -0.2) is 4.79 Å². The van der Waals surface area contributed by atoms with Gasteiger partial charge in [0.15, 0.2) is 11.5 Å². The zero-order valence-corrected chi connectivity index (χ0v) is 9.69. The normalized spacial score (nSPS) is 12.7. The first-order chi connectivity index (χ1) is 8.66. The van der Waals surface area contributed by atoms with Crippen molar-refractivity contribution in [3.8, 4) is 22.8 Å². The van der Waals surface area contributed by atoms with Gasteiger partial charge >= 0.3 is 5.97 Å². The zero-order chi connectivity index (χ0) is 12.7. The number of hydrogen-bond donors (Lipinski definition) is 2. The largest absolute Gasteiger partial charge is 0.477 e. The molecule has 0 fully saturated rings. The maximum Gasteiger partial charge on any atom is 0.353 e. The molecule has 1 aromatic carbocycles. The van der Waals surface area contributed by atoms with Crippen LogP contribution in [0.1, 0.15) is 10.5 Å². The van der Waals surface area contributed by atoms with E-state index in [2.05, 4.69) is 10.2 Å². The van der Waals surface area contributed by atoms with Crippen molar-refractivity contribution in [1.82, 2.24) is 10.2 Å². The highest BCUT2D eigenvalue weighted by molar-refractivity contribution is 6.32. The van der Waals surface area contributed by atoms with Gasteiger partial charge in [-0.15, -0.1) is 0 Å². The molecule has 0 radical (unpaired) electrons. The van der Waals surface area contributed by atoms with Crippen LogP contribution in [0.15, 0.2) is 18.2 Å². The Morgan fingerprint density at radius 1 is 1.39 bits per heavy atom. The van der Waals surface area contributed by atoms with Crippen LogP contribution in [0.3, 0.4) is 0 Å². The standard InChI is InChI=1S/C11H7ClN2O4/c12-6-2-1-5(9-10(6)18-4-17-9)7-3-8(11(15)16)14-13-7/h1-3H,4H2,(H,13,14)(H,15,16). The first-order valence-corrected chi connectivity index (χ1v) is 5.42. The lowest BCUT2D eigenvalue weighted by Gasteiger charge is -2.03. The summed E-state index contributed by atoms with van der Waals surface area (Å²) in [5.41, 5.74) is 1.11. The van der Waals surface area contributed by atoms with Crippen LogP contribution in [0.25, 0.3) is 11.3 Å². The van der Waals surface area contributed by atoms with Crippen molar-refractivity contribution in [2.24, 2.45) is 0 Å². The Labute approximate surface area is 106 Å². The summed E-state index contributed by atoms with van der Waals surface area (Å²) in [6, 6.07) is 4.78. The number of carbonyl (C=O) groups is 1. The fraction of sp³-hybridized carbons (Fsp3) is 0.0909. The fourth-order valence-corrected chi connectivity index (χ4v) is 1.94. The number of ether oxygens (including phenoxy) is 2. The first-order valence-electron chi connectivity index (χ1n) is 5.04. The molecule has 18 heavy (non-hydrogen) atoms. The predicted octanol–water partition coefficient (Wildman–Crippen LogP) is 2.16. The molecule has 2 N–H and O–H groups in total. The Morgan fingerprint density at radius 2 is 2.17 bits per heavy atom. The minimum atomic E-state index is -1.07. The average Bonchev–Trinajstić information content (AvgIpc) is 2.98. The second-order valence-corrected chi connectivity index (χ2v) is 4.04. The summed E-state index contributed by atoms with van der Waals surface area (Å²) in [5.74, 6) is -0.142. The predicted molar refractivity (Wildman–Crippen MR) is 62.1 cm³/mol. The summed E-state index contributed by atoms with van der Waals surface area (Å²) in [6.07, 6.45) is 0. The van der Waals surface area contributed by atoms with E-state index in [9.17, 15) is 4.79 Å². The zero-order valence-electron chi connectivity index (χ0n) is 8.94. The molecule has 0 bridgehead atoms. The van der Waals surface area contributed by atoms with Gasteiger partial charge in [0.05, 0.1) is 10.7 Å². The van der Waals surface area contributed by atoms with Crippen LogP contribution >= 0.6 is 11.6 Å². The molecule has 0 spiro atoms. The Bertz CT molecular complexity index is 638. The average molecular weight is 267 g/mol. The summed E-state index contributed by atoms with van der Waals surface area (Å²) in [4.78, 5) is 10.8. The number of halogens is 1. The maximum atomic E-state index is 10.8. The molecule has 0 saturated heterocycles. The summed E-state index contributed by atoms with van der Waals surface area (Å²) < 4.78 is 10.6. The highest BCUT2D eigenvalue weighted by atomic mass is 35.5. The summed E-state index contributed by atoms with van der Waals surface area (Å²) in [7, 11) is 0. The van der Waals surface area contributed by atoms with Gasteiger partial charge in [-0.3, -0.25) is 5.10 Å². The van der Waals surface area contributed by atoms with Crippen LogP contribution in [0.5, 0.6) is 11.5 Å². The van der Waals surface area contributed by atoms with E-state index >= 15 is 0 Å². The van der Waals surface area contributed by atoms with Gasteiger partial charge in [0.2, 0.25) is 6.79 Å². The van der Waals surface area contributed by atoms with Crippen molar-refractivity contribution in [1.29, 1.82) is 0 Å². The maximum absolute atomic E-state index is 10.8. The second-order valence-electron chi connectivity index (χ2n) is 3.63. The van der Waals surface area contributed by atoms with Crippen LogP contribution in [0, 0.1) is 0 Å². The molecule has 92 valence electrons. The highest BCUT2D eigenvalue weighted by Crippen LogP contribution is 2.45. The summed E-state index contributed by atoms with van der Waals surface area (Å²) in [5, 5.41) is 15.6. The van der Waals surface area contributed by atoms with Crippen LogP contribution in [-0.2, 0) is 0 Å². The molecule has 1 aromatic heterocycles. The van der Waals surface area contributed by atoms with Gasteiger partial charge < -0.3 is 14.6 Å². The summed E-state index contributed by atoms with van der Waals surface area (Å²) in [6.45, 7) is 0.0856. The van der Waals surface area contributed by atoms with Gasteiger partial charge in [-0.05, 0) is 18.2 Å². The first kappa shape index (κ1) is 10.9. The van der Waals surface area contributed by atoms with E-state index in [0.717, 1.165) is 0 Å². The topological polar surface area (TPSA) is 84.4 Å². The van der Waals surface area contributed by atoms with Crippen LogP contribution in [0.2, 0.25) is 5.02 Å². The van der Waals surface area contributed by atoms with Crippen molar-refractivity contribution < 1.29 is 19.4 Å². The van der Waals surface area contributed by atoms with E-state index in [1.165, 1.54) is 6.07 Å².